The molecule has 3 aromatic heterocycles. The van der Waals surface area contributed by atoms with E-state index in [2.05, 4.69) is 30.9 Å². The average Bonchev–Trinajstić information content (AvgIpc) is 3.02. The van der Waals surface area contributed by atoms with Crippen molar-refractivity contribution >= 4 is 11.9 Å². The zero-order valence-corrected chi connectivity index (χ0v) is 14.2. The number of alkyl halides is 3. The molecule has 0 bridgehead atoms. The number of halogens is 3. The first kappa shape index (κ1) is 18.9. The van der Waals surface area contributed by atoms with Gasteiger partial charge in [0.2, 0.25) is 11.6 Å². The molecule has 12 nitrogen and oxygen atoms in total. The molecule has 0 saturated heterocycles. The zero-order valence-electron chi connectivity index (χ0n) is 14.2. The van der Waals surface area contributed by atoms with Crippen LogP contribution in [0.1, 0.15) is 16.2 Å². The van der Waals surface area contributed by atoms with E-state index in [1.165, 1.54) is 7.05 Å². The number of amides is 1. The number of rotatable bonds is 3. The second-order valence-electron chi connectivity index (χ2n) is 5.35. The quantitative estimate of drug-likeness (QED) is 0.600. The minimum absolute atomic E-state index is 0.121. The SMILES string of the molecule is Cn1nnnc1NC(=O)c1nn(C)c(=O)n(-c2cccc(C(F)(F)F)n2)c1=O. The van der Waals surface area contributed by atoms with E-state index in [9.17, 15) is 27.6 Å². The molecule has 146 valence electrons. The molecule has 0 aliphatic heterocycles. The van der Waals surface area contributed by atoms with Crippen LogP contribution in [0.2, 0.25) is 0 Å². The minimum atomic E-state index is -4.80. The lowest BCUT2D eigenvalue weighted by Gasteiger charge is -2.11. The lowest BCUT2D eigenvalue weighted by Crippen LogP contribution is -2.44. The fourth-order valence-electron chi connectivity index (χ4n) is 2.12. The number of hydrogen-bond donors (Lipinski definition) is 1. The molecule has 0 spiro atoms. The fourth-order valence-corrected chi connectivity index (χ4v) is 2.12. The molecular formula is C13H10F3N9O3. The van der Waals surface area contributed by atoms with Crippen LogP contribution in [0.3, 0.4) is 0 Å². The van der Waals surface area contributed by atoms with E-state index in [1.54, 1.807) is 0 Å². The van der Waals surface area contributed by atoms with E-state index in [-0.39, 0.29) is 5.95 Å². The van der Waals surface area contributed by atoms with Crippen molar-refractivity contribution < 1.29 is 18.0 Å². The van der Waals surface area contributed by atoms with Crippen molar-refractivity contribution in [1.29, 1.82) is 0 Å². The molecule has 0 unspecified atom stereocenters. The number of anilines is 1. The molecule has 28 heavy (non-hydrogen) atoms. The first-order valence-corrected chi connectivity index (χ1v) is 7.38. The Balaban J connectivity index is 2.14. The van der Waals surface area contributed by atoms with E-state index in [0.29, 0.717) is 15.3 Å². The number of nitrogens with zero attached hydrogens (tertiary/aromatic N) is 8. The number of carbonyl (C=O) groups is 1. The van der Waals surface area contributed by atoms with Crippen LogP contribution in [-0.2, 0) is 20.3 Å². The molecule has 1 N–H and O–H groups in total. The van der Waals surface area contributed by atoms with E-state index in [4.69, 9.17) is 0 Å². The molecule has 0 atom stereocenters. The van der Waals surface area contributed by atoms with Crippen LogP contribution in [0, 0.1) is 0 Å². The summed E-state index contributed by atoms with van der Waals surface area (Å²) in [6.45, 7) is 0. The normalized spacial score (nSPS) is 11.5. The van der Waals surface area contributed by atoms with Gasteiger partial charge in [-0.25, -0.2) is 23.7 Å². The van der Waals surface area contributed by atoms with Crippen molar-refractivity contribution in [3.8, 4) is 5.82 Å². The maximum Gasteiger partial charge on any atom is 0.433 e. The maximum atomic E-state index is 12.9. The number of tetrazole rings is 1. The second kappa shape index (κ2) is 6.67. The highest BCUT2D eigenvalue weighted by atomic mass is 19.4. The van der Waals surface area contributed by atoms with Gasteiger partial charge in [0.15, 0.2) is 0 Å². The summed E-state index contributed by atoms with van der Waals surface area (Å²) in [5, 5.41) is 16.0. The second-order valence-corrected chi connectivity index (χ2v) is 5.35. The number of carbonyl (C=O) groups excluding carboxylic acids is 1. The van der Waals surface area contributed by atoms with Gasteiger partial charge in [-0.3, -0.25) is 14.9 Å². The van der Waals surface area contributed by atoms with Gasteiger partial charge >= 0.3 is 11.9 Å². The molecule has 0 saturated carbocycles. The largest absolute Gasteiger partial charge is 0.433 e. The molecule has 1 amide bonds. The lowest BCUT2D eigenvalue weighted by atomic mass is 10.3. The number of aryl methyl sites for hydroxylation is 2. The molecular weight excluding hydrogens is 387 g/mol. The lowest BCUT2D eigenvalue weighted by molar-refractivity contribution is -0.141. The molecule has 0 aromatic carbocycles. The predicted molar refractivity (Wildman–Crippen MR) is 84.6 cm³/mol. The summed E-state index contributed by atoms with van der Waals surface area (Å²) in [6, 6.07) is 2.67. The van der Waals surface area contributed by atoms with E-state index >= 15 is 0 Å². The van der Waals surface area contributed by atoms with Crippen LogP contribution in [0.4, 0.5) is 19.1 Å². The summed E-state index contributed by atoms with van der Waals surface area (Å²) in [6.07, 6.45) is -4.80. The maximum absolute atomic E-state index is 12.9. The topological polar surface area (TPSA) is 142 Å². The highest BCUT2D eigenvalue weighted by molar-refractivity contribution is 6.01. The highest BCUT2D eigenvalue weighted by Gasteiger charge is 2.33. The van der Waals surface area contributed by atoms with Gasteiger partial charge in [0, 0.05) is 14.1 Å². The van der Waals surface area contributed by atoms with E-state index in [1.807, 2.05) is 0 Å². The smallest absolute Gasteiger partial charge is 0.288 e. The van der Waals surface area contributed by atoms with Gasteiger partial charge in [0.05, 0.1) is 0 Å². The van der Waals surface area contributed by atoms with Crippen molar-refractivity contribution in [2.24, 2.45) is 14.1 Å². The molecule has 0 aliphatic carbocycles. The molecule has 0 radical (unpaired) electrons. The monoisotopic (exact) mass is 397 g/mol. The third kappa shape index (κ3) is 3.36. The van der Waals surface area contributed by atoms with Gasteiger partial charge < -0.3 is 0 Å². The third-order valence-corrected chi connectivity index (χ3v) is 3.44. The Kier molecular flexibility index (Phi) is 4.50. The van der Waals surface area contributed by atoms with Crippen LogP contribution >= 0.6 is 0 Å². The van der Waals surface area contributed by atoms with Crippen LogP contribution in [-0.4, -0.2) is 45.4 Å². The minimum Gasteiger partial charge on any atom is -0.288 e. The number of nitrogens with one attached hydrogen (secondary N) is 1. The van der Waals surface area contributed by atoms with E-state index < -0.39 is 40.5 Å². The van der Waals surface area contributed by atoms with Crippen molar-refractivity contribution in [3.63, 3.8) is 0 Å². The summed E-state index contributed by atoms with van der Waals surface area (Å²) < 4.78 is 40.7. The molecule has 0 fully saturated rings. The Bertz CT molecular complexity index is 1180. The first-order chi connectivity index (χ1) is 13.1. The van der Waals surface area contributed by atoms with Crippen LogP contribution in [0.5, 0.6) is 0 Å². The highest BCUT2D eigenvalue weighted by Crippen LogP contribution is 2.27. The summed E-state index contributed by atoms with van der Waals surface area (Å²) in [5.41, 5.74) is -4.44. The standard InChI is InChI=1S/C13H10F3N9O3/c1-23-11(19-21-22-23)18-9(26)8-10(27)25(12(28)24(2)20-8)7-5-3-4-6(17-7)13(14,15)16/h3-5H,1-2H3,(H,18,19,22,26). The Morgan fingerprint density at radius 3 is 2.46 bits per heavy atom. The summed E-state index contributed by atoms with van der Waals surface area (Å²) in [5.74, 6) is -1.81. The van der Waals surface area contributed by atoms with Gasteiger partial charge in [-0.15, -0.1) is 0 Å². The summed E-state index contributed by atoms with van der Waals surface area (Å²) in [4.78, 5) is 40.5. The van der Waals surface area contributed by atoms with Gasteiger partial charge in [-0.05, 0) is 22.6 Å². The number of aromatic nitrogens is 8. The molecule has 3 rings (SSSR count). The first-order valence-electron chi connectivity index (χ1n) is 7.38. The molecule has 0 aliphatic rings. The zero-order chi connectivity index (χ0) is 20.6. The summed E-state index contributed by atoms with van der Waals surface area (Å²) in [7, 11) is 2.53. The number of hydrogen-bond acceptors (Lipinski definition) is 8. The van der Waals surface area contributed by atoms with Crippen molar-refractivity contribution in [3.05, 3.63) is 50.4 Å². The van der Waals surface area contributed by atoms with Gasteiger partial charge in [0.25, 0.3) is 11.5 Å². The molecule has 3 heterocycles. The van der Waals surface area contributed by atoms with Crippen molar-refractivity contribution in [1.82, 2.24) is 39.5 Å². The van der Waals surface area contributed by atoms with Crippen molar-refractivity contribution in [2.45, 2.75) is 6.18 Å². The Labute approximate surface area is 152 Å². The Hall–Kier alpha value is -3.91. The molecule has 15 heteroatoms. The Morgan fingerprint density at radius 2 is 1.86 bits per heavy atom. The predicted octanol–water partition coefficient (Wildman–Crippen LogP) is -0.879. The van der Waals surface area contributed by atoms with Crippen molar-refractivity contribution in [2.75, 3.05) is 5.32 Å². The third-order valence-electron chi connectivity index (χ3n) is 3.44. The van der Waals surface area contributed by atoms with Crippen LogP contribution in [0.15, 0.2) is 27.8 Å². The van der Waals surface area contributed by atoms with Gasteiger partial charge in [0.1, 0.15) is 11.5 Å². The van der Waals surface area contributed by atoms with Crippen LogP contribution < -0.4 is 16.6 Å². The van der Waals surface area contributed by atoms with Gasteiger partial charge in [-0.1, -0.05) is 11.2 Å². The van der Waals surface area contributed by atoms with Gasteiger partial charge in [-0.2, -0.15) is 18.3 Å². The van der Waals surface area contributed by atoms with E-state index in [0.717, 1.165) is 23.9 Å². The Morgan fingerprint density at radius 1 is 1.14 bits per heavy atom. The number of pyridine rings is 1. The summed E-state index contributed by atoms with van der Waals surface area (Å²) >= 11 is 0. The van der Waals surface area contributed by atoms with Crippen LogP contribution in [0.25, 0.3) is 5.82 Å². The molecule has 3 aromatic rings. The average molecular weight is 397 g/mol. The fraction of sp³-hybridized carbons (Fsp3) is 0.231.